The van der Waals surface area contributed by atoms with Gasteiger partial charge in [0.05, 0.1) is 16.1 Å². The second-order valence-electron chi connectivity index (χ2n) is 4.05. The molecule has 0 amide bonds. The van der Waals surface area contributed by atoms with Gasteiger partial charge in [-0.3, -0.25) is 4.79 Å². The maximum absolute atomic E-state index is 13.6. The highest BCUT2D eigenvalue weighted by atomic mass is 35.5. The summed E-state index contributed by atoms with van der Waals surface area (Å²) in [5.74, 6) is -1.61. The molecule has 1 nitrogen and oxygen atoms in total. The van der Waals surface area contributed by atoms with Gasteiger partial charge in [0.15, 0.2) is 0 Å². The number of hydrogen-bond donors (Lipinski definition) is 0. The zero-order valence-corrected chi connectivity index (χ0v) is 10.3. The van der Waals surface area contributed by atoms with Crippen LogP contribution in [0, 0.1) is 5.82 Å². The molecule has 1 aromatic rings. The van der Waals surface area contributed by atoms with Gasteiger partial charge in [0.2, 0.25) is 0 Å². The Morgan fingerprint density at radius 3 is 2.28 bits per heavy atom. The van der Waals surface area contributed by atoms with E-state index in [4.69, 9.17) is 23.2 Å². The minimum Gasteiger partial charge on any atom is -0.275 e. The van der Waals surface area contributed by atoms with Crippen molar-refractivity contribution in [3.05, 3.63) is 33.6 Å². The van der Waals surface area contributed by atoms with E-state index in [1.807, 2.05) is 0 Å². The van der Waals surface area contributed by atoms with Gasteiger partial charge in [-0.15, -0.1) is 0 Å². The molecule has 1 aromatic carbocycles. The Kier molecular flexibility index (Phi) is 3.32. The largest absolute Gasteiger partial charge is 0.417 e. The first-order valence-corrected chi connectivity index (χ1v) is 5.78. The number of hydrogen-bond acceptors (Lipinski definition) is 1. The van der Waals surface area contributed by atoms with Gasteiger partial charge < -0.3 is 0 Å². The van der Waals surface area contributed by atoms with Crippen LogP contribution in [-0.4, -0.2) is 5.24 Å². The summed E-state index contributed by atoms with van der Waals surface area (Å²) in [4.78, 5) is 11.1. The van der Waals surface area contributed by atoms with Crippen molar-refractivity contribution in [1.82, 2.24) is 0 Å². The van der Waals surface area contributed by atoms with E-state index in [0.717, 1.165) is 0 Å². The first kappa shape index (κ1) is 13.6. The molecule has 1 aliphatic carbocycles. The van der Waals surface area contributed by atoms with Crippen LogP contribution in [0.2, 0.25) is 5.02 Å². The molecule has 1 fully saturated rings. The lowest BCUT2D eigenvalue weighted by atomic mass is 9.99. The minimum absolute atomic E-state index is 0.121. The van der Waals surface area contributed by atoms with E-state index in [-0.39, 0.29) is 17.5 Å². The molecule has 1 saturated carbocycles. The molecule has 0 N–H and O–H groups in total. The average Bonchev–Trinajstić information content (AvgIpc) is 3.01. The summed E-state index contributed by atoms with van der Waals surface area (Å²) >= 11 is 10.9. The number of benzene rings is 1. The lowest BCUT2D eigenvalue weighted by Gasteiger charge is -2.15. The Bertz CT molecular complexity index is 521. The van der Waals surface area contributed by atoms with Crippen LogP contribution in [0.25, 0.3) is 0 Å². The molecule has 98 valence electrons. The van der Waals surface area contributed by atoms with Crippen molar-refractivity contribution in [2.24, 2.45) is 0 Å². The molecule has 0 aliphatic heterocycles. The molecule has 7 heteroatoms. The highest BCUT2D eigenvalue weighted by Gasteiger charge is 2.40. The first-order chi connectivity index (χ1) is 8.23. The van der Waals surface area contributed by atoms with Gasteiger partial charge >= 0.3 is 6.18 Å². The molecule has 1 aliphatic rings. The van der Waals surface area contributed by atoms with E-state index in [1.54, 1.807) is 0 Å². The predicted molar refractivity (Wildman–Crippen MR) is 58.6 cm³/mol. The molecular weight excluding hydrogens is 295 g/mol. The van der Waals surface area contributed by atoms with Crippen LogP contribution in [0.3, 0.4) is 0 Å². The molecule has 2 rings (SSSR count). The fourth-order valence-corrected chi connectivity index (χ4v) is 2.41. The van der Waals surface area contributed by atoms with Crippen molar-refractivity contribution >= 4 is 28.4 Å². The van der Waals surface area contributed by atoms with Crippen LogP contribution >= 0.6 is 23.2 Å². The average molecular weight is 301 g/mol. The normalized spacial score (nSPS) is 15.9. The first-order valence-electron chi connectivity index (χ1n) is 5.02. The van der Waals surface area contributed by atoms with Crippen molar-refractivity contribution in [3.8, 4) is 0 Å². The van der Waals surface area contributed by atoms with Crippen LogP contribution in [0.1, 0.15) is 40.2 Å². The standard InChI is InChI=1S/C11H6Cl2F4O/c12-9-5(11(15,16)17)3-6(14)8(10(13)18)7(9)4-1-2-4/h3-4H,1-2H2. The molecule has 0 spiro atoms. The van der Waals surface area contributed by atoms with Gasteiger partial charge in [-0.1, -0.05) is 11.6 Å². The zero-order chi connectivity index (χ0) is 13.7. The molecule has 18 heavy (non-hydrogen) atoms. The molecule has 0 radical (unpaired) electrons. The molecular formula is C11H6Cl2F4O. The lowest BCUT2D eigenvalue weighted by Crippen LogP contribution is -2.12. The van der Waals surface area contributed by atoms with E-state index in [2.05, 4.69) is 0 Å². The van der Waals surface area contributed by atoms with E-state index in [9.17, 15) is 22.4 Å². The summed E-state index contributed by atoms with van der Waals surface area (Å²) in [5, 5.41) is -1.76. The minimum atomic E-state index is -4.77. The summed E-state index contributed by atoms with van der Waals surface area (Å²) < 4.78 is 51.6. The van der Waals surface area contributed by atoms with Crippen molar-refractivity contribution in [1.29, 1.82) is 0 Å². The Labute approximate surface area is 110 Å². The smallest absolute Gasteiger partial charge is 0.275 e. The summed E-state index contributed by atoms with van der Waals surface area (Å²) in [7, 11) is 0. The number of rotatable bonds is 2. The summed E-state index contributed by atoms with van der Waals surface area (Å²) in [6, 6.07) is 0.212. The van der Waals surface area contributed by atoms with Crippen LogP contribution < -0.4 is 0 Å². The Hall–Kier alpha value is -0.810. The van der Waals surface area contributed by atoms with Gasteiger partial charge in [0.1, 0.15) is 5.82 Å². The third-order valence-corrected chi connectivity index (χ3v) is 3.34. The fourth-order valence-electron chi connectivity index (χ4n) is 1.81. The molecule has 0 heterocycles. The van der Waals surface area contributed by atoms with Crippen molar-refractivity contribution in [3.63, 3.8) is 0 Å². The van der Waals surface area contributed by atoms with Gasteiger partial charge in [0, 0.05) is 0 Å². The fraction of sp³-hybridized carbons (Fsp3) is 0.364. The summed E-state index contributed by atoms with van der Waals surface area (Å²) in [6.07, 6.45) is -3.63. The van der Waals surface area contributed by atoms with Gasteiger partial charge in [0.25, 0.3) is 5.24 Å². The maximum atomic E-state index is 13.6. The van der Waals surface area contributed by atoms with Crippen molar-refractivity contribution < 1.29 is 22.4 Å². The summed E-state index contributed by atoms with van der Waals surface area (Å²) in [6.45, 7) is 0. The highest BCUT2D eigenvalue weighted by molar-refractivity contribution is 6.68. The number of carbonyl (C=O) groups is 1. The maximum Gasteiger partial charge on any atom is 0.417 e. The van der Waals surface area contributed by atoms with Gasteiger partial charge in [-0.25, -0.2) is 4.39 Å². The van der Waals surface area contributed by atoms with Crippen LogP contribution in [-0.2, 0) is 6.18 Å². The third-order valence-electron chi connectivity index (χ3n) is 2.74. The van der Waals surface area contributed by atoms with E-state index in [1.165, 1.54) is 0 Å². The molecule has 0 atom stereocenters. The lowest BCUT2D eigenvalue weighted by molar-refractivity contribution is -0.137. The van der Waals surface area contributed by atoms with Crippen LogP contribution in [0.5, 0.6) is 0 Å². The number of halogens is 6. The Morgan fingerprint density at radius 2 is 1.89 bits per heavy atom. The van der Waals surface area contributed by atoms with E-state index >= 15 is 0 Å². The van der Waals surface area contributed by atoms with Crippen molar-refractivity contribution in [2.75, 3.05) is 0 Å². The zero-order valence-electron chi connectivity index (χ0n) is 8.74. The van der Waals surface area contributed by atoms with Crippen LogP contribution in [0.15, 0.2) is 6.07 Å². The molecule has 0 bridgehead atoms. The van der Waals surface area contributed by atoms with E-state index in [0.29, 0.717) is 12.8 Å². The van der Waals surface area contributed by atoms with Gasteiger partial charge in [-0.05, 0) is 42.0 Å². The summed E-state index contributed by atoms with van der Waals surface area (Å²) in [5.41, 5.74) is -1.94. The topological polar surface area (TPSA) is 17.1 Å². The third kappa shape index (κ3) is 2.34. The predicted octanol–water partition coefficient (Wildman–Crippen LogP) is 4.75. The second-order valence-corrected chi connectivity index (χ2v) is 4.78. The second kappa shape index (κ2) is 4.38. The highest BCUT2D eigenvalue weighted by Crippen LogP contribution is 2.49. The molecule has 0 saturated heterocycles. The molecule has 0 aromatic heterocycles. The van der Waals surface area contributed by atoms with E-state index < -0.39 is 33.4 Å². The monoisotopic (exact) mass is 300 g/mol. The number of alkyl halides is 3. The van der Waals surface area contributed by atoms with Crippen molar-refractivity contribution in [2.45, 2.75) is 24.9 Å². The van der Waals surface area contributed by atoms with Crippen LogP contribution in [0.4, 0.5) is 17.6 Å². The van der Waals surface area contributed by atoms with Gasteiger partial charge in [-0.2, -0.15) is 13.2 Å². The SMILES string of the molecule is O=C(Cl)c1c(F)cc(C(F)(F)F)c(Cl)c1C1CC1. The Balaban J connectivity index is 2.73. The molecule has 0 unspecified atom stereocenters. The Morgan fingerprint density at radius 1 is 1.33 bits per heavy atom. The number of carbonyl (C=O) groups excluding carboxylic acids is 1. The quantitative estimate of drug-likeness (QED) is 0.569.